The Kier molecular flexibility index (Phi) is 5.29. The summed E-state index contributed by atoms with van der Waals surface area (Å²) in [5.41, 5.74) is 2.98. The van der Waals surface area contributed by atoms with Crippen LogP contribution in [0, 0.1) is 0 Å². The molecular weight excluding hydrogens is 412 g/mol. The van der Waals surface area contributed by atoms with Gasteiger partial charge in [-0.25, -0.2) is 4.98 Å². The van der Waals surface area contributed by atoms with E-state index in [-0.39, 0.29) is 17.9 Å². The Labute approximate surface area is 184 Å². The van der Waals surface area contributed by atoms with Crippen LogP contribution in [0.25, 0.3) is 11.3 Å². The van der Waals surface area contributed by atoms with Crippen molar-refractivity contribution in [2.24, 2.45) is 7.05 Å². The van der Waals surface area contributed by atoms with E-state index in [9.17, 15) is 9.59 Å². The quantitative estimate of drug-likeness (QED) is 0.626. The Morgan fingerprint density at radius 2 is 1.97 bits per heavy atom. The first-order valence-electron chi connectivity index (χ1n) is 10.4. The molecule has 0 radical (unpaired) electrons. The van der Waals surface area contributed by atoms with E-state index < -0.39 is 0 Å². The second kappa shape index (κ2) is 8.24. The van der Waals surface area contributed by atoms with Crippen LogP contribution in [-0.4, -0.2) is 75.1 Å². The van der Waals surface area contributed by atoms with Crippen molar-refractivity contribution in [1.82, 2.24) is 24.6 Å². The Morgan fingerprint density at radius 1 is 1.13 bits per heavy atom. The van der Waals surface area contributed by atoms with Gasteiger partial charge in [0, 0.05) is 81.3 Å². The molecule has 2 aliphatic rings. The molecule has 2 aliphatic heterocycles. The van der Waals surface area contributed by atoms with Crippen LogP contribution in [0.2, 0.25) is 0 Å². The molecule has 9 heteroatoms. The van der Waals surface area contributed by atoms with Gasteiger partial charge >= 0.3 is 0 Å². The van der Waals surface area contributed by atoms with Crippen molar-refractivity contribution in [2.75, 3.05) is 37.6 Å². The molecule has 0 aliphatic carbocycles. The first-order valence-corrected chi connectivity index (χ1v) is 11.3. The summed E-state index contributed by atoms with van der Waals surface area (Å²) < 4.78 is 1.83. The van der Waals surface area contributed by atoms with Gasteiger partial charge in [-0.3, -0.25) is 19.2 Å². The number of nitrogens with zero attached hydrogens (tertiary/aromatic N) is 6. The molecular formula is C22H24N6O2S. The zero-order chi connectivity index (χ0) is 21.4. The minimum Gasteiger partial charge on any atom is -0.334 e. The third-order valence-corrected chi connectivity index (χ3v) is 6.87. The van der Waals surface area contributed by atoms with Crippen LogP contribution in [0.1, 0.15) is 16.2 Å². The van der Waals surface area contributed by atoms with Gasteiger partial charge in [-0.15, -0.1) is 11.3 Å². The van der Waals surface area contributed by atoms with Gasteiger partial charge in [0.2, 0.25) is 5.91 Å². The van der Waals surface area contributed by atoms with Gasteiger partial charge in [-0.05, 0) is 18.2 Å². The Morgan fingerprint density at radius 3 is 2.68 bits per heavy atom. The van der Waals surface area contributed by atoms with Crippen molar-refractivity contribution in [3.8, 4) is 11.3 Å². The lowest BCUT2D eigenvalue weighted by Crippen LogP contribution is -2.52. The van der Waals surface area contributed by atoms with Gasteiger partial charge in [0.1, 0.15) is 0 Å². The monoisotopic (exact) mass is 436 g/mol. The molecule has 2 fully saturated rings. The van der Waals surface area contributed by atoms with E-state index in [4.69, 9.17) is 0 Å². The Bertz CT molecular complexity index is 1090. The second-order valence-corrected chi connectivity index (χ2v) is 8.81. The summed E-state index contributed by atoms with van der Waals surface area (Å²) in [5, 5.41) is 6.61. The first-order chi connectivity index (χ1) is 15.1. The molecule has 0 spiro atoms. The number of piperazine rings is 1. The van der Waals surface area contributed by atoms with E-state index in [0.29, 0.717) is 31.1 Å². The molecule has 2 saturated heterocycles. The molecule has 3 aromatic rings. The molecule has 8 nitrogen and oxygen atoms in total. The summed E-state index contributed by atoms with van der Waals surface area (Å²) in [4.78, 5) is 35.6. The molecule has 0 bridgehead atoms. The summed E-state index contributed by atoms with van der Waals surface area (Å²) >= 11 is 1.38. The number of aryl methyl sites for hydroxylation is 1. The Hall–Kier alpha value is -3.04. The number of amides is 2. The van der Waals surface area contributed by atoms with Crippen molar-refractivity contribution in [2.45, 2.75) is 12.5 Å². The number of rotatable bonds is 4. The third kappa shape index (κ3) is 3.86. The van der Waals surface area contributed by atoms with Crippen LogP contribution in [-0.2, 0) is 11.8 Å². The number of carbonyl (C=O) groups is 2. The summed E-state index contributed by atoms with van der Waals surface area (Å²) in [6.45, 7) is 3.56. The molecule has 4 heterocycles. The number of benzene rings is 1. The number of anilines is 1. The molecule has 1 atom stereocenters. The molecule has 5 rings (SSSR count). The van der Waals surface area contributed by atoms with Gasteiger partial charge < -0.3 is 9.80 Å². The van der Waals surface area contributed by atoms with Gasteiger partial charge in [0.15, 0.2) is 5.01 Å². The van der Waals surface area contributed by atoms with E-state index in [2.05, 4.69) is 21.0 Å². The summed E-state index contributed by atoms with van der Waals surface area (Å²) in [5.74, 6) is 0.152. The van der Waals surface area contributed by atoms with Crippen molar-refractivity contribution in [1.29, 1.82) is 0 Å². The predicted octanol–water partition coefficient (Wildman–Crippen LogP) is 2.11. The average molecular weight is 437 g/mol. The van der Waals surface area contributed by atoms with E-state index in [1.54, 1.807) is 12.4 Å². The van der Waals surface area contributed by atoms with Gasteiger partial charge in [-0.2, -0.15) is 5.10 Å². The number of aromatic nitrogens is 3. The zero-order valence-electron chi connectivity index (χ0n) is 17.3. The standard InChI is InChI=1S/C22H24N6O2S/c1-25-19(5-6-24-25)16-3-2-4-17(13-16)28-15-18(14-20(28)29)26-8-10-27(11-9-26)22(30)21-23-7-12-31-21/h2-7,12-13,18H,8-11,14-15H2,1H3. The lowest BCUT2D eigenvalue weighted by molar-refractivity contribution is -0.117. The average Bonchev–Trinajstić information content (AvgIpc) is 3.55. The maximum Gasteiger partial charge on any atom is 0.282 e. The van der Waals surface area contributed by atoms with Gasteiger partial charge in [0.05, 0.1) is 5.69 Å². The Balaban J connectivity index is 1.24. The molecule has 31 heavy (non-hydrogen) atoms. The molecule has 2 aromatic heterocycles. The molecule has 0 saturated carbocycles. The SMILES string of the molecule is Cn1nccc1-c1cccc(N2CC(N3CCN(C(=O)c4nccs4)CC3)CC2=O)c1. The molecule has 2 amide bonds. The van der Waals surface area contributed by atoms with E-state index >= 15 is 0 Å². The van der Waals surface area contributed by atoms with Crippen LogP contribution >= 0.6 is 11.3 Å². The van der Waals surface area contributed by atoms with Crippen LogP contribution < -0.4 is 4.90 Å². The second-order valence-electron chi connectivity index (χ2n) is 7.92. The maximum atomic E-state index is 12.8. The fourth-order valence-corrected chi connectivity index (χ4v) is 5.03. The fourth-order valence-electron chi connectivity index (χ4n) is 4.43. The molecule has 1 unspecified atom stereocenters. The molecule has 0 N–H and O–H groups in total. The number of carbonyl (C=O) groups excluding carboxylic acids is 2. The highest BCUT2D eigenvalue weighted by atomic mass is 32.1. The summed E-state index contributed by atoms with van der Waals surface area (Å²) in [6.07, 6.45) is 3.95. The molecule has 1 aromatic carbocycles. The van der Waals surface area contributed by atoms with Gasteiger partial charge in [-0.1, -0.05) is 12.1 Å². The maximum absolute atomic E-state index is 12.8. The highest BCUT2D eigenvalue weighted by molar-refractivity contribution is 7.11. The van der Waals surface area contributed by atoms with E-state index in [1.807, 2.05) is 51.2 Å². The smallest absolute Gasteiger partial charge is 0.282 e. The number of thiazole rings is 1. The van der Waals surface area contributed by atoms with Crippen LogP contribution in [0.4, 0.5) is 5.69 Å². The fraction of sp³-hybridized carbons (Fsp3) is 0.364. The van der Waals surface area contributed by atoms with Gasteiger partial charge in [0.25, 0.3) is 5.91 Å². The highest BCUT2D eigenvalue weighted by Crippen LogP contribution is 2.29. The van der Waals surface area contributed by atoms with E-state index in [1.165, 1.54) is 11.3 Å². The van der Waals surface area contributed by atoms with Crippen molar-refractivity contribution in [3.05, 3.63) is 53.1 Å². The largest absolute Gasteiger partial charge is 0.334 e. The van der Waals surface area contributed by atoms with Crippen molar-refractivity contribution >= 4 is 28.8 Å². The van der Waals surface area contributed by atoms with Crippen LogP contribution in [0.5, 0.6) is 0 Å². The summed E-state index contributed by atoms with van der Waals surface area (Å²) in [7, 11) is 1.91. The number of hydrogen-bond donors (Lipinski definition) is 0. The predicted molar refractivity (Wildman–Crippen MR) is 119 cm³/mol. The molecule has 160 valence electrons. The van der Waals surface area contributed by atoms with Crippen LogP contribution in [0.15, 0.2) is 48.1 Å². The topological polar surface area (TPSA) is 74.6 Å². The van der Waals surface area contributed by atoms with Crippen molar-refractivity contribution < 1.29 is 9.59 Å². The lowest BCUT2D eigenvalue weighted by Gasteiger charge is -2.37. The minimum atomic E-state index is 0.00533. The summed E-state index contributed by atoms with van der Waals surface area (Å²) in [6, 6.07) is 10.2. The normalized spacial score (nSPS) is 19.9. The third-order valence-electron chi connectivity index (χ3n) is 6.11. The first kappa shape index (κ1) is 19.9. The van der Waals surface area contributed by atoms with Crippen molar-refractivity contribution in [3.63, 3.8) is 0 Å². The number of hydrogen-bond acceptors (Lipinski definition) is 6. The zero-order valence-corrected chi connectivity index (χ0v) is 18.2. The van der Waals surface area contributed by atoms with E-state index in [0.717, 1.165) is 30.0 Å². The highest BCUT2D eigenvalue weighted by Gasteiger charge is 2.36. The van der Waals surface area contributed by atoms with Crippen LogP contribution in [0.3, 0.4) is 0 Å². The minimum absolute atomic E-state index is 0.00533. The lowest BCUT2D eigenvalue weighted by atomic mass is 10.1.